The summed E-state index contributed by atoms with van der Waals surface area (Å²) < 4.78 is 5.39. The van der Waals surface area contributed by atoms with Gasteiger partial charge < -0.3 is 15.0 Å². The summed E-state index contributed by atoms with van der Waals surface area (Å²) in [6, 6.07) is 13.3. The molecule has 2 aromatic carbocycles. The average molecular weight is 366 g/mol. The van der Waals surface area contributed by atoms with Crippen molar-refractivity contribution in [2.75, 3.05) is 25.5 Å². The van der Waals surface area contributed by atoms with Gasteiger partial charge in [0, 0.05) is 18.8 Å². The number of hydrogen-bond acceptors (Lipinski definition) is 3. The van der Waals surface area contributed by atoms with E-state index in [0.717, 1.165) is 28.1 Å². The maximum Gasteiger partial charge on any atom is 0.246 e. The highest BCUT2D eigenvalue weighted by Crippen LogP contribution is 2.19. The SMILES string of the molecule is CCOc1ccc(/C=C/C(=O)N(C)CC(=O)Nc2c(C)cccc2C)cc1. The number of carbonyl (C=O) groups is 2. The monoisotopic (exact) mass is 366 g/mol. The molecular formula is C22H26N2O3. The van der Waals surface area contributed by atoms with Gasteiger partial charge in [-0.15, -0.1) is 0 Å². The first-order valence-corrected chi connectivity index (χ1v) is 8.92. The van der Waals surface area contributed by atoms with E-state index >= 15 is 0 Å². The van der Waals surface area contributed by atoms with Crippen LogP contribution in [0, 0.1) is 13.8 Å². The Hall–Kier alpha value is -3.08. The fourth-order valence-electron chi connectivity index (χ4n) is 2.62. The summed E-state index contributed by atoms with van der Waals surface area (Å²) in [5.41, 5.74) is 3.67. The lowest BCUT2D eigenvalue weighted by Crippen LogP contribution is -2.34. The molecule has 0 aromatic heterocycles. The second-order valence-corrected chi connectivity index (χ2v) is 6.34. The minimum Gasteiger partial charge on any atom is -0.494 e. The Balaban J connectivity index is 1.91. The molecule has 2 rings (SSSR count). The van der Waals surface area contributed by atoms with Gasteiger partial charge in [0.2, 0.25) is 11.8 Å². The van der Waals surface area contributed by atoms with E-state index in [9.17, 15) is 9.59 Å². The molecule has 142 valence electrons. The fraction of sp³-hybridized carbons (Fsp3) is 0.273. The number of amides is 2. The van der Waals surface area contributed by atoms with Gasteiger partial charge in [-0.2, -0.15) is 0 Å². The molecule has 2 amide bonds. The molecule has 5 heteroatoms. The number of para-hydroxylation sites is 1. The molecule has 0 spiro atoms. The van der Waals surface area contributed by atoms with Gasteiger partial charge in [0.25, 0.3) is 0 Å². The van der Waals surface area contributed by atoms with Crippen molar-refractivity contribution >= 4 is 23.6 Å². The second-order valence-electron chi connectivity index (χ2n) is 6.34. The molecule has 0 aliphatic carbocycles. The molecular weight excluding hydrogens is 340 g/mol. The maximum atomic E-state index is 12.3. The highest BCUT2D eigenvalue weighted by Gasteiger charge is 2.12. The summed E-state index contributed by atoms with van der Waals surface area (Å²) in [7, 11) is 1.61. The minimum atomic E-state index is -0.236. The first-order chi connectivity index (χ1) is 12.9. The minimum absolute atomic E-state index is 0.0137. The zero-order chi connectivity index (χ0) is 19.8. The summed E-state index contributed by atoms with van der Waals surface area (Å²) in [5, 5.41) is 2.89. The highest BCUT2D eigenvalue weighted by molar-refractivity contribution is 5.98. The number of anilines is 1. The standard InChI is InChI=1S/C22H26N2O3/c1-5-27-19-12-9-18(10-13-19)11-14-21(26)24(4)15-20(25)23-22-16(2)7-6-8-17(22)3/h6-14H,5,15H2,1-4H3,(H,23,25)/b14-11+. The Morgan fingerprint density at radius 2 is 1.70 bits per heavy atom. The predicted molar refractivity (Wildman–Crippen MR) is 109 cm³/mol. The molecule has 27 heavy (non-hydrogen) atoms. The zero-order valence-corrected chi connectivity index (χ0v) is 16.3. The summed E-state index contributed by atoms with van der Waals surface area (Å²) in [6.45, 7) is 6.41. The number of hydrogen-bond donors (Lipinski definition) is 1. The average Bonchev–Trinajstić information content (AvgIpc) is 2.64. The zero-order valence-electron chi connectivity index (χ0n) is 16.3. The van der Waals surface area contributed by atoms with Gasteiger partial charge in [0.15, 0.2) is 0 Å². The van der Waals surface area contributed by atoms with Gasteiger partial charge in [-0.3, -0.25) is 9.59 Å². The molecule has 0 aliphatic heterocycles. The number of aryl methyl sites for hydroxylation is 2. The van der Waals surface area contributed by atoms with E-state index in [1.165, 1.54) is 11.0 Å². The summed E-state index contributed by atoms with van der Waals surface area (Å²) in [6.07, 6.45) is 3.18. The lowest BCUT2D eigenvalue weighted by atomic mass is 10.1. The van der Waals surface area contributed by atoms with Crippen molar-refractivity contribution < 1.29 is 14.3 Å². The van der Waals surface area contributed by atoms with Crippen LogP contribution in [0.2, 0.25) is 0 Å². The Labute approximate surface area is 160 Å². The Morgan fingerprint density at radius 1 is 1.07 bits per heavy atom. The van der Waals surface area contributed by atoms with Crippen molar-refractivity contribution in [2.24, 2.45) is 0 Å². The maximum absolute atomic E-state index is 12.3. The van der Waals surface area contributed by atoms with Crippen LogP contribution in [0.3, 0.4) is 0 Å². The smallest absolute Gasteiger partial charge is 0.246 e. The van der Waals surface area contributed by atoms with Crippen LogP contribution < -0.4 is 10.1 Å². The van der Waals surface area contributed by atoms with Gasteiger partial charge in [0.05, 0.1) is 13.2 Å². The van der Waals surface area contributed by atoms with Crippen LogP contribution >= 0.6 is 0 Å². The fourth-order valence-corrected chi connectivity index (χ4v) is 2.62. The van der Waals surface area contributed by atoms with Crippen molar-refractivity contribution in [3.8, 4) is 5.75 Å². The Kier molecular flexibility index (Phi) is 7.17. The number of nitrogens with zero attached hydrogens (tertiary/aromatic N) is 1. The summed E-state index contributed by atoms with van der Waals surface area (Å²) in [4.78, 5) is 25.9. The molecule has 0 unspecified atom stereocenters. The van der Waals surface area contributed by atoms with E-state index in [1.807, 2.05) is 63.2 Å². The molecule has 0 saturated heterocycles. The van der Waals surface area contributed by atoms with Crippen LogP contribution in [0.4, 0.5) is 5.69 Å². The molecule has 5 nitrogen and oxygen atoms in total. The predicted octanol–water partition coefficient (Wildman–Crippen LogP) is 3.81. The van der Waals surface area contributed by atoms with Gasteiger partial charge in [-0.05, 0) is 55.7 Å². The van der Waals surface area contributed by atoms with Crippen LogP contribution in [0.1, 0.15) is 23.6 Å². The number of likely N-dealkylation sites (N-methyl/N-ethyl adjacent to an activating group) is 1. The third-order valence-corrected chi connectivity index (χ3v) is 4.11. The largest absolute Gasteiger partial charge is 0.494 e. The van der Waals surface area contributed by atoms with Crippen LogP contribution in [0.25, 0.3) is 6.08 Å². The topological polar surface area (TPSA) is 58.6 Å². The van der Waals surface area contributed by atoms with Crippen molar-refractivity contribution in [3.63, 3.8) is 0 Å². The van der Waals surface area contributed by atoms with E-state index in [0.29, 0.717) is 6.61 Å². The van der Waals surface area contributed by atoms with E-state index in [2.05, 4.69) is 5.32 Å². The van der Waals surface area contributed by atoms with E-state index in [-0.39, 0.29) is 18.4 Å². The summed E-state index contributed by atoms with van der Waals surface area (Å²) in [5.74, 6) is 0.333. The molecule has 0 atom stereocenters. The van der Waals surface area contributed by atoms with Gasteiger partial charge in [-0.1, -0.05) is 30.3 Å². The highest BCUT2D eigenvalue weighted by atomic mass is 16.5. The Morgan fingerprint density at radius 3 is 2.30 bits per heavy atom. The van der Waals surface area contributed by atoms with Crippen LogP contribution in [0.5, 0.6) is 5.75 Å². The molecule has 1 N–H and O–H groups in total. The quantitative estimate of drug-likeness (QED) is 0.758. The number of carbonyl (C=O) groups excluding carboxylic acids is 2. The molecule has 0 aliphatic rings. The Bertz CT molecular complexity index is 806. The third kappa shape index (κ3) is 5.99. The van der Waals surface area contributed by atoms with E-state index in [4.69, 9.17) is 4.74 Å². The molecule has 2 aromatic rings. The van der Waals surface area contributed by atoms with E-state index in [1.54, 1.807) is 13.1 Å². The van der Waals surface area contributed by atoms with Crippen LogP contribution in [-0.4, -0.2) is 36.9 Å². The van der Waals surface area contributed by atoms with Crippen molar-refractivity contribution in [1.82, 2.24) is 4.90 Å². The molecule has 0 bridgehead atoms. The van der Waals surface area contributed by atoms with Crippen molar-refractivity contribution in [2.45, 2.75) is 20.8 Å². The van der Waals surface area contributed by atoms with Crippen LogP contribution in [0.15, 0.2) is 48.5 Å². The lowest BCUT2D eigenvalue weighted by molar-refractivity contribution is -0.129. The first-order valence-electron chi connectivity index (χ1n) is 8.92. The van der Waals surface area contributed by atoms with E-state index < -0.39 is 0 Å². The van der Waals surface area contributed by atoms with Gasteiger partial charge in [0.1, 0.15) is 5.75 Å². The molecule has 0 heterocycles. The first kappa shape index (κ1) is 20.2. The number of nitrogens with one attached hydrogen (secondary N) is 1. The molecule has 0 saturated carbocycles. The number of ether oxygens (including phenoxy) is 1. The third-order valence-electron chi connectivity index (χ3n) is 4.11. The second kappa shape index (κ2) is 9.57. The van der Waals surface area contributed by atoms with Crippen molar-refractivity contribution in [3.05, 3.63) is 65.2 Å². The molecule has 0 radical (unpaired) electrons. The normalized spacial score (nSPS) is 10.7. The lowest BCUT2D eigenvalue weighted by Gasteiger charge is -2.16. The van der Waals surface area contributed by atoms with Crippen LogP contribution in [-0.2, 0) is 9.59 Å². The molecule has 0 fully saturated rings. The number of rotatable bonds is 7. The van der Waals surface area contributed by atoms with Gasteiger partial charge in [-0.25, -0.2) is 0 Å². The van der Waals surface area contributed by atoms with Gasteiger partial charge >= 0.3 is 0 Å². The summed E-state index contributed by atoms with van der Waals surface area (Å²) >= 11 is 0. The van der Waals surface area contributed by atoms with Crippen molar-refractivity contribution in [1.29, 1.82) is 0 Å². The number of benzene rings is 2.